The number of amides is 1. The Morgan fingerprint density at radius 1 is 1.30 bits per heavy atom. The van der Waals surface area contributed by atoms with Crippen molar-refractivity contribution < 1.29 is 13.2 Å². The van der Waals surface area contributed by atoms with Crippen LogP contribution >= 0.6 is 0 Å². The van der Waals surface area contributed by atoms with E-state index >= 15 is 0 Å². The third kappa shape index (κ3) is 4.19. The number of rotatable bonds is 5. The van der Waals surface area contributed by atoms with Gasteiger partial charge in [0.1, 0.15) is 0 Å². The van der Waals surface area contributed by atoms with Crippen LogP contribution in [0.1, 0.15) is 45.4 Å². The molecule has 0 bridgehead atoms. The van der Waals surface area contributed by atoms with Gasteiger partial charge in [-0.2, -0.15) is 0 Å². The van der Waals surface area contributed by atoms with Gasteiger partial charge in [-0.25, -0.2) is 8.42 Å². The molecule has 116 valence electrons. The van der Waals surface area contributed by atoms with Gasteiger partial charge in [0.05, 0.1) is 11.5 Å². The van der Waals surface area contributed by atoms with E-state index < -0.39 is 9.84 Å². The summed E-state index contributed by atoms with van der Waals surface area (Å²) in [6, 6.07) is 0.444. The Labute approximate surface area is 122 Å². The van der Waals surface area contributed by atoms with Crippen molar-refractivity contribution in [3.63, 3.8) is 0 Å². The van der Waals surface area contributed by atoms with Crippen LogP contribution < -0.4 is 5.32 Å². The minimum atomic E-state index is -2.84. The Morgan fingerprint density at radius 3 is 2.75 bits per heavy atom. The number of nitrogens with zero attached hydrogens (tertiary/aromatic N) is 1. The third-order valence-corrected chi connectivity index (χ3v) is 6.19. The van der Waals surface area contributed by atoms with Crippen molar-refractivity contribution >= 4 is 15.7 Å². The van der Waals surface area contributed by atoms with E-state index in [1.807, 2.05) is 4.90 Å². The molecule has 2 aliphatic heterocycles. The molecule has 2 atom stereocenters. The molecule has 2 unspecified atom stereocenters. The predicted molar refractivity (Wildman–Crippen MR) is 79.3 cm³/mol. The molecule has 0 aromatic heterocycles. The maximum atomic E-state index is 12.2. The van der Waals surface area contributed by atoms with E-state index in [1.54, 1.807) is 0 Å². The fraction of sp³-hybridized carbons (Fsp3) is 0.929. The molecule has 1 amide bonds. The molecule has 20 heavy (non-hydrogen) atoms. The van der Waals surface area contributed by atoms with Crippen LogP contribution in [0.25, 0.3) is 0 Å². The normalized spacial score (nSPS) is 29.6. The van der Waals surface area contributed by atoms with Gasteiger partial charge in [-0.1, -0.05) is 6.92 Å². The number of likely N-dealkylation sites (tertiary alicyclic amines) is 1. The Bertz CT molecular complexity index is 436. The maximum Gasteiger partial charge on any atom is 0.224 e. The highest BCUT2D eigenvalue weighted by Gasteiger charge is 2.28. The Balaban J connectivity index is 1.72. The first kappa shape index (κ1) is 15.8. The molecule has 0 aromatic carbocycles. The molecule has 2 saturated heterocycles. The van der Waals surface area contributed by atoms with Gasteiger partial charge in [-0.3, -0.25) is 4.79 Å². The lowest BCUT2D eigenvalue weighted by molar-refractivity contribution is -0.134. The summed E-state index contributed by atoms with van der Waals surface area (Å²) >= 11 is 0. The van der Waals surface area contributed by atoms with Crippen molar-refractivity contribution in [2.75, 3.05) is 24.6 Å². The molecule has 0 aliphatic carbocycles. The summed E-state index contributed by atoms with van der Waals surface area (Å²) in [5.74, 6) is 0.718. The number of hydrogen-bond donors (Lipinski definition) is 1. The van der Waals surface area contributed by atoms with Crippen LogP contribution in [0, 0.1) is 0 Å². The number of nitrogens with one attached hydrogen (secondary N) is 1. The van der Waals surface area contributed by atoms with Gasteiger partial charge in [0.15, 0.2) is 9.84 Å². The van der Waals surface area contributed by atoms with Crippen LogP contribution in [-0.2, 0) is 14.6 Å². The Kier molecular flexibility index (Phi) is 5.43. The summed E-state index contributed by atoms with van der Waals surface area (Å²) in [5, 5.41) is 3.21. The van der Waals surface area contributed by atoms with E-state index in [1.165, 1.54) is 6.42 Å². The van der Waals surface area contributed by atoms with Gasteiger partial charge >= 0.3 is 0 Å². The quantitative estimate of drug-likeness (QED) is 0.821. The van der Waals surface area contributed by atoms with Gasteiger partial charge in [0, 0.05) is 31.6 Å². The number of carbonyl (C=O) groups is 1. The molecular weight excluding hydrogens is 276 g/mol. The highest BCUT2D eigenvalue weighted by Crippen LogP contribution is 2.20. The van der Waals surface area contributed by atoms with Crippen molar-refractivity contribution in [2.24, 2.45) is 0 Å². The summed E-state index contributed by atoms with van der Waals surface area (Å²) in [7, 11) is -2.84. The fourth-order valence-corrected chi connectivity index (χ4v) is 4.94. The average Bonchev–Trinajstić information content (AvgIpc) is 2.78. The smallest absolute Gasteiger partial charge is 0.224 e. The first-order valence-corrected chi connectivity index (χ1v) is 9.57. The van der Waals surface area contributed by atoms with Crippen LogP contribution in [0.4, 0.5) is 0 Å². The standard InChI is InChI=1S/C14H26N2O3S/c1-2-13-5-3-4-9-16(13)14(17)6-8-15-12-7-10-20(18,19)11-12/h12-13,15H,2-11H2,1H3. The van der Waals surface area contributed by atoms with E-state index in [0.717, 1.165) is 25.8 Å². The van der Waals surface area contributed by atoms with Gasteiger partial charge in [0.2, 0.25) is 5.91 Å². The number of sulfone groups is 1. The lowest BCUT2D eigenvalue weighted by Gasteiger charge is -2.35. The van der Waals surface area contributed by atoms with Crippen molar-refractivity contribution in [2.45, 2.75) is 57.5 Å². The molecule has 0 spiro atoms. The van der Waals surface area contributed by atoms with Crippen LogP contribution in [0.15, 0.2) is 0 Å². The zero-order chi connectivity index (χ0) is 14.6. The zero-order valence-electron chi connectivity index (χ0n) is 12.3. The molecule has 1 N–H and O–H groups in total. The average molecular weight is 302 g/mol. The zero-order valence-corrected chi connectivity index (χ0v) is 13.1. The van der Waals surface area contributed by atoms with Crippen LogP contribution in [0.2, 0.25) is 0 Å². The summed E-state index contributed by atoms with van der Waals surface area (Å²) in [5.41, 5.74) is 0. The fourth-order valence-electron chi connectivity index (χ4n) is 3.24. The van der Waals surface area contributed by atoms with E-state index in [-0.39, 0.29) is 23.5 Å². The molecular formula is C14H26N2O3S. The summed E-state index contributed by atoms with van der Waals surface area (Å²) in [4.78, 5) is 14.3. The molecule has 0 saturated carbocycles. The lowest BCUT2D eigenvalue weighted by Crippen LogP contribution is -2.44. The van der Waals surface area contributed by atoms with E-state index in [4.69, 9.17) is 0 Å². The summed E-state index contributed by atoms with van der Waals surface area (Å²) in [6.45, 7) is 3.61. The monoisotopic (exact) mass is 302 g/mol. The molecule has 2 heterocycles. The molecule has 0 aromatic rings. The SMILES string of the molecule is CCC1CCCCN1C(=O)CCNC1CCS(=O)(=O)C1. The van der Waals surface area contributed by atoms with Crippen molar-refractivity contribution in [1.29, 1.82) is 0 Å². The van der Waals surface area contributed by atoms with Gasteiger partial charge in [-0.15, -0.1) is 0 Å². The topological polar surface area (TPSA) is 66.5 Å². The highest BCUT2D eigenvalue weighted by molar-refractivity contribution is 7.91. The highest BCUT2D eigenvalue weighted by atomic mass is 32.2. The lowest BCUT2D eigenvalue weighted by atomic mass is 9.99. The van der Waals surface area contributed by atoms with E-state index in [2.05, 4.69) is 12.2 Å². The van der Waals surface area contributed by atoms with E-state index in [9.17, 15) is 13.2 Å². The molecule has 0 radical (unpaired) electrons. The number of carbonyl (C=O) groups excluding carboxylic acids is 1. The minimum absolute atomic E-state index is 0.0381. The van der Waals surface area contributed by atoms with Crippen molar-refractivity contribution in [1.82, 2.24) is 10.2 Å². The number of hydrogen-bond acceptors (Lipinski definition) is 4. The molecule has 2 rings (SSSR count). The second-order valence-electron chi connectivity index (χ2n) is 5.95. The van der Waals surface area contributed by atoms with Gasteiger partial charge in [-0.05, 0) is 32.1 Å². The van der Waals surface area contributed by atoms with Crippen molar-refractivity contribution in [3.8, 4) is 0 Å². The third-order valence-electron chi connectivity index (χ3n) is 4.42. The first-order valence-electron chi connectivity index (χ1n) is 7.75. The van der Waals surface area contributed by atoms with Gasteiger partial charge in [0.25, 0.3) is 0 Å². The first-order chi connectivity index (χ1) is 9.52. The number of piperidine rings is 1. The Hall–Kier alpha value is -0.620. The second-order valence-corrected chi connectivity index (χ2v) is 8.18. The predicted octanol–water partition coefficient (Wildman–Crippen LogP) is 0.944. The largest absolute Gasteiger partial charge is 0.340 e. The molecule has 6 heteroatoms. The minimum Gasteiger partial charge on any atom is -0.340 e. The molecule has 5 nitrogen and oxygen atoms in total. The second kappa shape index (κ2) is 6.89. The van der Waals surface area contributed by atoms with Crippen LogP contribution in [0.3, 0.4) is 0 Å². The van der Waals surface area contributed by atoms with Crippen LogP contribution in [-0.4, -0.2) is 55.9 Å². The van der Waals surface area contributed by atoms with Gasteiger partial charge < -0.3 is 10.2 Å². The maximum absolute atomic E-state index is 12.2. The molecule has 2 fully saturated rings. The Morgan fingerprint density at radius 2 is 2.10 bits per heavy atom. The summed E-state index contributed by atoms with van der Waals surface area (Å²) in [6.07, 6.45) is 5.64. The summed E-state index contributed by atoms with van der Waals surface area (Å²) < 4.78 is 22.7. The molecule has 2 aliphatic rings. The van der Waals surface area contributed by atoms with E-state index in [0.29, 0.717) is 25.4 Å². The van der Waals surface area contributed by atoms with Crippen LogP contribution in [0.5, 0.6) is 0 Å². The van der Waals surface area contributed by atoms with Crippen molar-refractivity contribution in [3.05, 3.63) is 0 Å².